The average Bonchev–Trinajstić information content (AvgIpc) is 3.23. The molecule has 1 atom stereocenters. The number of para-hydroxylation sites is 2. The van der Waals surface area contributed by atoms with Crippen LogP contribution in [0.15, 0.2) is 30.3 Å². The van der Waals surface area contributed by atoms with E-state index in [2.05, 4.69) is 4.85 Å². The first-order chi connectivity index (χ1) is 13.0. The van der Waals surface area contributed by atoms with Crippen LogP contribution in [0.25, 0.3) is 4.85 Å². The maximum atomic E-state index is 12.2. The molecule has 0 spiro atoms. The number of carbonyl (C=O) groups excluding carboxylic acids is 1. The molecule has 0 radical (unpaired) electrons. The molecule has 1 N–H and O–H groups in total. The number of aliphatic carboxylic acids is 1. The number of rotatable bonds is 7. The Hall–Kier alpha value is -3.25. The van der Waals surface area contributed by atoms with Crippen LogP contribution in [0.4, 0.5) is 16.2 Å². The van der Waals surface area contributed by atoms with E-state index in [1.165, 1.54) is 23.3 Å². The zero-order valence-corrected chi connectivity index (χ0v) is 15.2. The van der Waals surface area contributed by atoms with Crippen molar-refractivity contribution >= 4 is 34.8 Å². The Labute approximate surface area is 159 Å². The fraction of sp³-hybridized carbons (Fsp3) is 0.278. The lowest BCUT2D eigenvalue weighted by Crippen LogP contribution is -2.34. The van der Waals surface area contributed by atoms with Gasteiger partial charge in [0.05, 0.1) is 25.4 Å². The minimum Gasteiger partial charge on any atom is -0.492 e. The van der Waals surface area contributed by atoms with Crippen molar-refractivity contribution in [3.05, 3.63) is 46.6 Å². The maximum absolute atomic E-state index is 12.2. The Bertz CT molecular complexity index is 903. The Morgan fingerprint density at radius 3 is 2.96 bits per heavy atom. The summed E-state index contributed by atoms with van der Waals surface area (Å²) in [4.78, 5) is 28.7. The summed E-state index contributed by atoms with van der Waals surface area (Å²) in [6.07, 6.45) is -0.0443. The second-order valence-electron chi connectivity index (χ2n) is 5.66. The molecule has 140 valence electrons. The number of carboxylic acid groups (broad SMARTS) is 1. The van der Waals surface area contributed by atoms with E-state index in [-0.39, 0.29) is 12.6 Å². The number of carboxylic acids is 1. The van der Waals surface area contributed by atoms with Crippen molar-refractivity contribution < 1.29 is 28.9 Å². The number of anilines is 1. The van der Waals surface area contributed by atoms with Gasteiger partial charge in [-0.15, -0.1) is 11.3 Å². The molecule has 1 fully saturated rings. The Balaban J connectivity index is 1.83. The number of ether oxygens (including phenoxy) is 3. The second kappa shape index (κ2) is 7.97. The van der Waals surface area contributed by atoms with Gasteiger partial charge in [0.1, 0.15) is 6.61 Å². The van der Waals surface area contributed by atoms with Crippen LogP contribution in [0, 0.1) is 6.57 Å². The molecule has 0 unspecified atom stereocenters. The smallest absolute Gasteiger partial charge is 0.413 e. The second-order valence-corrected chi connectivity index (χ2v) is 6.76. The summed E-state index contributed by atoms with van der Waals surface area (Å²) in [5.41, 5.74) is 0.876. The summed E-state index contributed by atoms with van der Waals surface area (Å²) in [5.74, 6) is -0.640. The molecule has 0 aliphatic carbocycles. The Kier molecular flexibility index (Phi) is 5.47. The predicted octanol–water partition coefficient (Wildman–Crippen LogP) is 3.34. The standard InChI is InChI=1S/C18H16N2O6S/c1-19-13-5-3-4-6-14(13)20-11(9-26-18(20)23)7-12-8-15(24-2)17(27-12)25-10-16(21)22/h3-6,8,11H,7,9-10H2,2H3,(H,21,22)/t11-/m0/s1. The van der Waals surface area contributed by atoms with Gasteiger partial charge in [0, 0.05) is 11.3 Å². The number of hydrogen-bond donors (Lipinski definition) is 1. The Morgan fingerprint density at radius 1 is 1.48 bits per heavy atom. The van der Waals surface area contributed by atoms with E-state index in [4.69, 9.17) is 25.9 Å². The predicted molar refractivity (Wildman–Crippen MR) is 98.0 cm³/mol. The van der Waals surface area contributed by atoms with Gasteiger partial charge in [-0.2, -0.15) is 0 Å². The van der Waals surface area contributed by atoms with Crippen LogP contribution in [0.2, 0.25) is 0 Å². The van der Waals surface area contributed by atoms with Crippen LogP contribution in [0.1, 0.15) is 4.88 Å². The summed E-state index contributed by atoms with van der Waals surface area (Å²) < 4.78 is 15.7. The SMILES string of the molecule is [C-]#[N+]c1ccccc1N1C(=O)OC[C@@H]1Cc1cc(OC)c(OCC(=O)O)s1. The van der Waals surface area contributed by atoms with Gasteiger partial charge in [-0.1, -0.05) is 18.2 Å². The number of nitrogens with zero attached hydrogens (tertiary/aromatic N) is 2. The monoisotopic (exact) mass is 388 g/mol. The molecular formula is C18H16N2O6S. The van der Waals surface area contributed by atoms with Crippen LogP contribution in [0.5, 0.6) is 10.8 Å². The van der Waals surface area contributed by atoms with Gasteiger partial charge in [-0.25, -0.2) is 14.4 Å². The highest BCUT2D eigenvalue weighted by atomic mass is 32.1. The van der Waals surface area contributed by atoms with E-state index >= 15 is 0 Å². The highest BCUT2D eigenvalue weighted by Gasteiger charge is 2.36. The minimum atomic E-state index is -1.08. The molecule has 2 heterocycles. The molecule has 9 heteroatoms. The third-order valence-corrected chi connectivity index (χ3v) is 4.97. The number of benzene rings is 1. The zero-order chi connectivity index (χ0) is 19.4. The van der Waals surface area contributed by atoms with Gasteiger partial charge in [0.2, 0.25) is 10.8 Å². The number of thiophene rings is 1. The van der Waals surface area contributed by atoms with E-state index < -0.39 is 18.7 Å². The van der Waals surface area contributed by atoms with Crippen molar-refractivity contribution in [2.24, 2.45) is 0 Å². The first kappa shape index (κ1) is 18.5. The molecule has 8 nitrogen and oxygen atoms in total. The molecular weight excluding hydrogens is 372 g/mol. The summed E-state index contributed by atoms with van der Waals surface area (Å²) in [6.45, 7) is 7.03. The van der Waals surface area contributed by atoms with Crippen molar-refractivity contribution in [3.63, 3.8) is 0 Å². The molecule has 1 aromatic heterocycles. The number of carbonyl (C=O) groups is 2. The molecule has 1 saturated heterocycles. The van der Waals surface area contributed by atoms with Crippen LogP contribution < -0.4 is 14.4 Å². The molecule has 27 heavy (non-hydrogen) atoms. The van der Waals surface area contributed by atoms with Crippen LogP contribution in [0.3, 0.4) is 0 Å². The topological polar surface area (TPSA) is 89.7 Å². The van der Waals surface area contributed by atoms with Crippen molar-refractivity contribution in [1.82, 2.24) is 0 Å². The Morgan fingerprint density at radius 2 is 2.26 bits per heavy atom. The normalized spacial score (nSPS) is 15.9. The molecule has 1 amide bonds. The van der Waals surface area contributed by atoms with E-state index in [9.17, 15) is 9.59 Å². The lowest BCUT2D eigenvalue weighted by Gasteiger charge is -2.22. The first-order valence-corrected chi connectivity index (χ1v) is 8.79. The van der Waals surface area contributed by atoms with Gasteiger partial charge in [0.25, 0.3) is 0 Å². The van der Waals surface area contributed by atoms with Crippen LogP contribution in [-0.4, -0.2) is 43.5 Å². The van der Waals surface area contributed by atoms with E-state index in [1.807, 2.05) is 0 Å². The van der Waals surface area contributed by atoms with Gasteiger partial charge in [-0.05, 0) is 12.1 Å². The van der Waals surface area contributed by atoms with Gasteiger partial charge < -0.3 is 19.3 Å². The van der Waals surface area contributed by atoms with Crippen LogP contribution in [-0.2, 0) is 16.0 Å². The van der Waals surface area contributed by atoms with Gasteiger partial charge in [-0.3, -0.25) is 4.90 Å². The first-order valence-electron chi connectivity index (χ1n) is 7.97. The third kappa shape index (κ3) is 3.96. The fourth-order valence-electron chi connectivity index (χ4n) is 2.78. The number of methoxy groups -OCH3 is 1. The van der Waals surface area contributed by atoms with Crippen molar-refractivity contribution in [1.29, 1.82) is 0 Å². The number of cyclic esters (lactones) is 1. The average molecular weight is 388 g/mol. The van der Waals surface area contributed by atoms with E-state index in [0.717, 1.165) is 4.88 Å². The summed E-state index contributed by atoms with van der Waals surface area (Å²) in [6, 6.07) is 8.32. The maximum Gasteiger partial charge on any atom is 0.413 e. The molecule has 1 aliphatic rings. The number of amides is 1. The zero-order valence-electron chi connectivity index (χ0n) is 14.4. The fourth-order valence-corrected chi connectivity index (χ4v) is 3.82. The lowest BCUT2D eigenvalue weighted by molar-refractivity contribution is -0.139. The van der Waals surface area contributed by atoms with Gasteiger partial charge in [0.15, 0.2) is 12.4 Å². The molecule has 2 aromatic rings. The molecule has 0 saturated carbocycles. The van der Waals surface area contributed by atoms with E-state index in [0.29, 0.717) is 28.6 Å². The molecule has 0 bridgehead atoms. The third-order valence-electron chi connectivity index (χ3n) is 3.92. The summed E-state index contributed by atoms with van der Waals surface area (Å²) >= 11 is 1.26. The molecule has 1 aromatic carbocycles. The van der Waals surface area contributed by atoms with Crippen molar-refractivity contribution in [3.8, 4) is 10.8 Å². The highest BCUT2D eigenvalue weighted by molar-refractivity contribution is 7.14. The lowest BCUT2D eigenvalue weighted by atomic mass is 10.1. The quantitative estimate of drug-likeness (QED) is 0.732. The highest BCUT2D eigenvalue weighted by Crippen LogP contribution is 2.39. The van der Waals surface area contributed by atoms with Crippen LogP contribution >= 0.6 is 11.3 Å². The van der Waals surface area contributed by atoms with Gasteiger partial charge >= 0.3 is 12.1 Å². The summed E-state index contributed by atoms with van der Waals surface area (Å²) in [5, 5.41) is 9.14. The van der Waals surface area contributed by atoms with E-state index in [1.54, 1.807) is 30.3 Å². The molecule has 1 aliphatic heterocycles. The largest absolute Gasteiger partial charge is 0.492 e. The number of hydrogen-bond acceptors (Lipinski definition) is 6. The minimum absolute atomic E-state index is 0.191. The molecule has 3 rings (SSSR count). The van der Waals surface area contributed by atoms with Crippen molar-refractivity contribution in [2.75, 3.05) is 25.2 Å². The van der Waals surface area contributed by atoms with Crippen molar-refractivity contribution in [2.45, 2.75) is 12.5 Å². The summed E-state index contributed by atoms with van der Waals surface area (Å²) in [7, 11) is 1.47.